The molecule has 2 aromatic rings. The third kappa shape index (κ3) is 6.59. The highest BCUT2D eigenvalue weighted by molar-refractivity contribution is 5.72. The summed E-state index contributed by atoms with van der Waals surface area (Å²) in [5.74, 6) is 1.40. The molecular formula is C21H26O5. The quantitative estimate of drug-likeness (QED) is 0.584. The van der Waals surface area contributed by atoms with Gasteiger partial charge in [0.2, 0.25) is 0 Å². The summed E-state index contributed by atoms with van der Waals surface area (Å²) in [6.45, 7) is 3.93. The summed E-state index contributed by atoms with van der Waals surface area (Å²) in [5, 5.41) is 0. The van der Waals surface area contributed by atoms with Crippen molar-refractivity contribution in [3.63, 3.8) is 0 Å². The molecule has 0 unspecified atom stereocenters. The van der Waals surface area contributed by atoms with Gasteiger partial charge in [0.05, 0.1) is 27.8 Å². The Kier molecular flexibility index (Phi) is 8.92. The first-order chi connectivity index (χ1) is 12.4. The van der Waals surface area contributed by atoms with Crippen molar-refractivity contribution in [1.82, 2.24) is 0 Å². The summed E-state index contributed by atoms with van der Waals surface area (Å²) in [5.41, 5.74) is 4.04. The Morgan fingerprint density at radius 3 is 1.85 bits per heavy atom. The van der Waals surface area contributed by atoms with Crippen molar-refractivity contribution >= 4 is 12.3 Å². The minimum absolute atomic E-state index is 0.240. The number of aldehydes is 1. The summed E-state index contributed by atoms with van der Waals surface area (Å²) in [6, 6.07) is 11.5. The first-order valence-corrected chi connectivity index (χ1v) is 8.22. The Morgan fingerprint density at radius 1 is 0.885 bits per heavy atom. The van der Waals surface area contributed by atoms with Crippen molar-refractivity contribution in [2.45, 2.75) is 26.7 Å². The topological polar surface area (TPSA) is 61.8 Å². The van der Waals surface area contributed by atoms with E-state index < -0.39 is 0 Å². The smallest absolute Gasteiger partial charge is 0.309 e. The highest BCUT2D eigenvalue weighted by Crippen LogP contribution is 2.19. The maximum atomic E-state index is 11.0. The zero-order chi connectivity index (χ0) is 19.5. The van der Waals surface area contributed by atoms with E-state index in [0.29, 0.717) is 6.42 Å². The van der Waals surface area contributed by atoms with Gasteiger partial charge in [-0.05, 0) is 48.2 Å². The molecule has 0 fully saturated rings. The highest BCUT2D eigenvalue weighted by Gasteiger charge is 2.05. The maximum absolute atomic E-state index is 11.0. The predicted molar refractivity (Wildman–Crippen MR) is 101 cm³/mol. The van der Waals surface area contributed by atoms with Crippen molar-refractivity contribution in [3.05, 3.63) is 58.7 Å². The molecule has 0 saturated heterocycles. The van der Waals surface area contributed by atoms with Crippen LogP contribution in [0.15, 0.2) is 36.4 Å². The van der Waals surface area contributed by atoms with E-state index in [9.17, 15) is 9.59 Å². The number of rotatable bonds is 6. The van der Waals surface area contributed by atoms with E-state index in [4.69, 9.17) is 9.47 Å². The van der Waals surface area contributed by atoms with Crippen LogP contribution in [0, 0.1) is 13.8 Å². The Labute approximate surface area is 154 Å². The number of hydrogen-bond acceptors (Lipinski definition) is 5. The molecule has 140 valence electrons. The lowest BCUT2D eigenvalue weighted by Crippen LogP contribution is -2.04. The number of ether oxygens (including phenoxy) is 3. The molecule has 0 spiro atoms. The van der Waals surface area contributed by atoms with Crippen molar-refractivity contribution < 1.29 is 23.8 Å². The molecule has 0 radical (unpaired) electrons. The second kappa shape index (κ2) is 10.9. The number of carbonyl (C=O) groups excluding carboxylic acids is 2. The maximum Gasteiger partial charge on any atom is 0.309 e. The van der Waals surface area contributed by atoms with Crippen LogP contribution in [0.3, 0.4) is 0 Å². The largest absolute Gasteiger partial charge is 0.496 e. The fraction of sp³-hybridized carbons (Fsp3) is 0.333. The van der Waals surface area contributed by atoms with Crippen molar-refractivity contribution in [1.29, 1.82) is 0 Å². The van der Waals surface area contributed by atoms with Gasteiger partial charge in [-0.2, -0.15) is 0 Å². The fourth-order valence-electron chi connectivity index (χ4n) is 2.30. The van der Waals surface area contributed by atoms with Crippen LogP contribution in [-0.2, 0) is 27.2 Å². The van der Waals surface area contributed by atoms with E-state index in [2.05, 4.69) is 4.74 Å². The van der Waals surface area contributed by atoms with Crippen molar-refractivity contribution in [2.75, 3.05) is 21.3 Å². The van der Waals surface area contributed by atoms with Crippen molar-refractivity contribution in [3.8, 4) is 11.5 Å². The van der Waals surface area contributed by atoms with Gasteiger partial charge in [0.1, 0.15) is 17.8 Å². The number of hydrogen-bond donors (Lipinski definition) is 0. The molecule has 0 aliphatic heterocycles. The third-order valence-electron chi connectivity index (χ3n) is 3.84. The molecule has 0 bridgehead atoms. The average molecular weight is 358 g/mol. The first kappa shape index (κ1) is 21.2. The summed E-state index contributed by atoms with van der Waals surface area (Å²) < 4.78 is 14.8. The number of aryl methyl sites for hydroxylation is 2. The van der Waals surface area contributed by atoms with Gasteiger partial charge < -0.3 is 19.0 Å². The number of esters is 1. The highest BCUT2D eigenvalue weighted by atomic mass is 16.5. The summed E-state index contributed by atoms with van der Waals surface area (Å²) >= 11 is 0. The standard InChI is InChI=1S/C11H14O3.C10H12O2/c1-8-4-5-9(6-10(8)13-2)7-11(12)14-3;1-8-3-4-9(5-6-11)7-10(8)12-2/h4-6H,7H2,1-3H3;3-4,6-7H,5H2,1-2H3. The molecule has 0 saturated carbocycles. The lowest BCUT2D eigenvalue weighted by molar-refractivity contribution is -0.139. The van der Waals surface area contributed by atoms with Gasteiger partial charge in [0, 0.05) is 6.42 Å². The molecule has 5 heteroatoms. The molecule has 0 amide bonds. The van der Waals surface area contributed by atoms with Gasteiger partial charge in [-0.3, -0.25) is 4.79 Å². The Hall–Kier alpha value is -2.82. The number of carbonyl (C=O) groups is 2. The number of methoxy groups -OCH3 is 3. The van der Waals surface area contributed by atoms with E-state index in [1.807, 2.05) is 50.2 Å². The molecule has 26 heavy (non-hydrogen) atoms. The van der Waals surface area contributed by atoms with Crippen LogP contribution < -0.4 is 9.47 Å². The van der Waals surface area contributed by atoms with E-state index >= 15 is 0 Å². The van der Waals surface area contributed by atoms with Crippen LogP contribution in [-0.4, -0.2) is 33.6 Å². The monoisotopic (exact) mass is 358 g/mol. The van der Waals surface area contributed by atoms with Crippen LogP contribution in [0.5, 0.6) is 11.5 Å². The van der Waals surface area contributed by atoms with Crippen LogP contribution in [0.1, 0.15) is 22.3 Å². The Morgan fingerprint density at radius 2 is 1.38 bits per heavy atom. The summed E-state index contributed by atoms with van der Waals surface area (Å²) in [7, 11) is 4.63. The SMILES string of the molecule is COC(=O)Cc1ccc(C)c(OC)c1.COc1cc(CC=O)ccc1C. The molecule has 2 aromatic carbocycles. The molecule has 0 heterocycles. The average Bonchev–Trinajstić information content (AvgIpc) is 2.65. The molecule has 2 rings (SSSR count). The normalized spacial score (nSPS) is 9.58. The van der Waals surface area contributed by atoms with Gasteiger partial charge in [-0.1, -0.05) is 24.3 Å². The van der Waals surface area contributed by atoms with Crippen LogP contribution in [0.25, 0.3) is 0 Å². The van der Waals surface area contributed by atoms with E-state index in [1.165, 1.54) is 7.11 Å². The zero-order valence-electron chi connectivity index (χ0n) is 16.0. The third-order valence-corrected chi connectivity index (χ3v) is 3.84. The van der Waals surface area contributed by atoms with Crippen LogP contribution in [0.4, 0.5) is 0 Å². The Bertz CT molecular complexity index is 737. The van der Waals surface area contributed by atoms with Gasteiger partial charge in [0.15, 0.2) is 0 Å². The molecule has 0 aromatic heterocycles. The lowest BCUT2D eigenvalue weighted by Gasteiger charge is -2.06. The van der Waals surface area contributed by atoms with E-state index in [1.54, 1.807) is 14.2 Å². The fourth-order valence-corrected chi connectivity index (χ4v) is 2.30. The molecule has 0 aliphatic rings. The van der Waals surface area contributed by atoms with Gasteiger partial charge in [-0.15, -0.1) is 0 Å². The minimum atomic E-state index is -0.240. The van der Waals surface area contributed by atoms with Crippen LogP contribution >= 0.6 is 0 Å². The van der Waals surface area contributed by atoms with E-state index in [-0.39, 0.29) is 12.4 Å². The molecular weight excluding hydrogens is 332 g/mol. The van der Waals surface area contributed by atoms with E-state index in [0.717, 1.165) is 40.0 Å². The first-order valence-electron chi connectivity index (χ1n) is 8.22. The van der Waals surface area contributed by atoms with Gasteiger partial charge in [-0.25, -0.2) is 0 Å². The molecule has 0 atom stereocenters. The second-order valence-electron chi connectivity index (χ2n) is 5.73. The number of benzene rings is 2. The van der Waals surface area contributed by atoms with Crippen LogP contribution in [0.2, 0.25) is 0 Å². The zero-order valence-corrected chi connectivity index (χ0v) is 16.0. The Balaban J connectivity index is 0.000000263. The molecule has 0 N–H and O–H groups in total. The van der Waals surface area contributed by atoms with Gasteiger partial charge in [0.25, 0.3) is 0 Å². The molecule has 5 nitrogen and oxygen atoms in total. The minimum Gasteiger partial charge on any atom is -0.496 e. The van der Waals surface area contributed by atoms with Gasteiger partial charge >= 0.3 is 5.97 Å². The van der Waals surface area contributed by atoms with Crippen molar-refractivity contribution in [2.24, 2.45) is 0 Å². The summed E-state index contributed by atoms with van der Waals surface area (Å²) in [6.07, 6.45) is 1.63. The molecule has 0 aliphatic carbocycles. The second-order valence-corrected chi connectivity index (χ2v) is 5.73. The summed E-state index contributed by atoms with van der Waals surface area (Å²) in [4.78, 5) is 21.2. The lowest BCUT2D eigenvalue weighted by atomic mass is 10.1. The predicted octanol–water partition coefficient (Wildman–Crippen LogP) is 3.46.